The fourth-order valence-corrected chi connectivity index (χ4v) is 2.84. The molecule has 0 aliphatic carbocycles. The van der Waals surface area contributed by atoms with E-state index in [-0.39, 0.29) is 0 Å². The minimum absolute atomic E-state index is 0.502. The number of likely N-dealkylation sites (tertiary alicyclic amines) is 1. The van der Waals surface area contributed by atoms with Crippen molar-refractivity contribution < 1.29 is 0 Å². The Morgan fingerprint density at radius 3 is 2.62 bits per heavy atom. The molecule has 1 aliphatic rings. The molecule has 3 rings (SSSR count). The molecular weight excluding hydrogens is 260 g/mol. The second-order valence-electron chi connectivity index (χ2n) is 5.64. The summed E-state index contributed by atoms with van der Waals surface area (Å²) in [6, 6.07) is 13.1. The van der Waals surface area contributed by atoms with Gasteiger partial charge in [-0.3, -0.25) is 9.88 Å². The summed E-state index contributed by atoms with van der Waals surface area (Å²) < 4.78 is 0. The molecule has 1 aliphatic heterocycles. The number of anilines is 2. The molecule has 0 saturated carbocycles. The van der Waals surface area contributed by atoms with Gasteiger partial charge in [0, 0.05) is 31.9 Å². The summed E-state index contributed by atoms with van der Waals surface area (Å²) in [5.74, 6) is 0. The maximum absolute atomic E-state index is 5.93. The second kappa shape index (κ2) is 6.59. The summed E-state index contributed by atoms with van der Waals surface area (Å²) in [5.41, 5.74) is 9.05. The van der Waals surface area contributed by atoms with Gasteiger partial charge in [0.05, 0.1) is 17.6 Å². The fourth-order valence-electron chi connectivity index (χ4n) is 2.84. The predicted octanol–water partition coefficient (Wildman–Crippen LogP) is 2.74. The Bertz CT molecular complexity index is 562. The lowest BCUT2D eigenvalue weighted by Crippen LogP contribution is -2.38. The number of nitrogens with two attached hydrogens (primary N) is 1. The number of hydrogen-bond acceptors (Lipinski definition) is 4. The molecule has 1 saturated heterocycles. The zero-order valence-electron chi connectivity index (χ0n) is 12.2. The van der Waals surface area contributed by atoms with Gasteiger partial charge < -0.3 is 11.1 Å². The smallest absolute Gasteiger partial charge is 0.0736 e. The topological polar surface area (TPSA) is 54.2 Å². The van der Waals surface area contributed by atoms with Gasteiger partial charge >= 0.3 is 0 Å². The van der Waals surface area contributed by atoms with E-state index in [2.05, 4.69) is 45.5 Å². The second-order valence-corrected chi connectivity index (χ2v) is 5.64. The first-order valence-corrected chi connectivity index (χ1v) is 7.53. The molecule has 0 bridgehead atoms. The van der Waals surface area contributed by atoms with Crippen LogP contribution in [0.5, 0.6) is 0 Å². The summed E-state index contributed by atoms with van der Waals surface area (Å²) in [6.07, 6.45) is 5.78. The van der Waals surface area contributed by atoms with E-state index >= 15 is 0 Å². The molecule has 2 aromatic rings. The maximum Gasteiger partial charge on any atom is 0.0736 e. The van der Waals surface area contributed by atoms with Crippen LogP contribution in [0.3, 0.4) is 0 Å². The third kappa shape index (κ3) is 3.73. The van der Waals surface area contributed by atoms with Crippen molar-refractivity contribution in [1.29, 1.82) is 0 Å². The number of nitrogens with one attached hydrogen (secondary N) is 1. The number of aromatic nitrogens is 1. The van der Waals surface area contributed by atoms with E-state index in [0.29, 0.717) is 6.04 Å². The average molecular weight is 282 g/mol. The zero-order valence-corrected chi connectivity index (χ0v) is 12.2. The monoisotopic (exact) mass is 282 g/mol. The van der Waals surface area contributed by atoms with E-state index in [1.807, 2.05) is 6.07 Å². The quantitative estimate of drug-likeness (QED) is 0.905. The zero-order chi connectivity index (χ0) is 14.5. The van der Waals surface area contributed by atoms with E-state index in [1.165, 1.54) is 5.56 Å². The third-order valence-corrected chi connectivity index (χ3v) is 4.05. The molecule has 0 atom stereocenters. The first-order valence-electron chi connectivity index (χ1n) is 7.53. The maximum atomic E-state index is 5.93. The van der Waals surface area contributed by atoms with E-state index in [0.717, 1.165) is 43.9 Å². The van der Waals surface area contributed by atoms with Gasteiger partial charge in [-0.2, -0.15) is 0 Å². The molecule has 21 heavy (non-hydrogen) atoms. The number of piperidine rings is 1. The Hall–Kier alpha value is -2.07. The average Bonchev–Trinajstić information content (AvgIpc) is 2.52. The van der Waals surface area contributed by atoms with E-state index in [4.69, 9.17) is 5.73 Å². The molecule has 1 aromatic heterocycles. The largest absolute Gasteiger partial charge is 0.396 e. The van der Waals surface area contributed by atoms with Gasteiger partial charge in [0.15, 0.2) is 0 Å². The molecule has 3 N–H and O–H groups in total. The minimum Gasteiger partial charge on any atom is -0.396 e. The highest BCUT2D eigenvalue weighted by Gasteiger charge is 2.19. The molecule has 4 nitrogen and oxygen atoms in total. The lowest BCUT2D eigenvalue weighted by Gasteiger charge is -2.33. The fraction of sp³-hybridized carbons (Fsp3) is 0.353. The van der Waals surface area contributed by atoms with Crippen molar-refractivity contribution >= 4 is 11.4 Å². The van der Waals surface area contributed by atoms with Crippen LogP contribution >= 0.6 is 0 Å². The van der Waals surface area contributed by atoms with Gasteiger partial charge in [-0.15, -0.1) is 0 Å². The SMILES string of the molecule is Nc1cnccc1NC1CCN(Cc2ccccc2)CC1. The molecule has 0 unspecified atom stereocenters. The van der Waals surface area contributed by atoms with Gasteiger partial charge in [-0.05, 0) is 24.5 Å². The van der Waals surface area contributed by atoms with Crippen LogP contribution in [0.15, 0.2) is 48.8 Å². The highest BCUT2D eigenvalue weighted by atomic mass is 15.1. The molecule has 110 valence electrons. The van der Waals surface area contributed by atoms with Gasteiger partial charge in [-0.1, -0.05) is 30.3 Å². The number of hydrogen-bond donors (Lipinski definition) is 2. The first kappa shape index (κ1) is 13.9. The summed E-state index contributed by atoms with van der Waals surface area (Å²) in [6.45, 7) is 3.29. The van der Waals surface area contributed by atoms with Crippen molar-refractivity contribution in [2.45, 2.75) is 25.4 Å². The van der Waals surface area contributed by atoms with Crippen LogP contribution in [0.25, 0.3) is 0 Å². The molecule has 2 heterocycles. The standard InChI is InChI=1S/C17H22N4/c18-16-12-19-9-6-17(16)20-15-7-10-21(11-8-15)13-14-4-2-1-3-5-14/h1-6,9,12,15H,7-8,10-11,13,18H2,(H,19,20). The molecule has 4 heteroatoms. The predicted molar refractivity (Wildman–Crippen MR) is 87.0 cm³/mol. The number of nitrogen functional groups attached to an aromatic ring is 1. The van der Waals surface area contributed by atoms with E-state index in [9.17, 15) is 0 Å². The van der Waals surface area contributed by atoms with Gasteiger partial charge in [0.2, 0.25) is 0 Å². The van der Waals surface area contributed by atoms with Crippen molar-refractivity contribution in [2.24, 2.45) is 0 Å². The summed E-state index contributed by atoms with van der Waals surface area (Å²) in [7, 11) is 0. The van der Waals surface area contributed by atoms with E-state index < -0.39 is 0 Å². The van der Waals surface area contributed by atoms with Crippen LogP contribution in [0.1, 0.15) is 18.4 Å². The Labute approximate surface area is 126 Å². The van der Waals surface area contributed by atoms with E-state index in [1.54, 1.807) is 12.4 Å². The number of pyridine rings is 1. The summed E-state index contributed by atoms with van der Waals surface area (Å²) in [4.78, 5) is 6.54. The van der Waals surface area contributed by atoms with Crippen LogP contribution in [0.4, 0.5) is 11.4 Å². The number of benzene rings is 1. The minimum atomic E-state index is 0.502. The normalized spacial score (nSPS) is 16.8. The van der Waals surface area contributed by atoms with Crippen LogP contribution in [-0.2, 0) is 6.54 Å². The van der Waals surface area contributed by atoms with Crippen LogP contribution in [0, 0.1) is 0 Å². The Morgan fingerprint density at radius 1 is 1.14 bits per heavy atom. The van der Waals surface area contributed by atoms with Gasteiger partial charge in [0.25, 0.3) is 0 Å². The molecule has 0 radical (unpaired) electrons. The third-order valence-electron chi connectivity index (χ3n) is 4.05. The van der Waals surface area contributed by atoms with Crippen molar-refractivity contribution in [3.05, 3.63) is 54.4 Å². The van der Waals surface area contributed by atoms with Crippen LogP contribution in [-0.4, -0.2) is 29.0 Å². The Morgan fingerprint density at radius 2 is 1.90 bits per heavy atom. The molecule has 1 aromatic carbocycles. The van der Waals surface area contributed by atoms with Gasteiger partial charge in [-0.25, -0.2) is 0 Å². The van der Waals surface area contributed by atoms with Crippen molar-refractivity contribution in [1.82, 2.24) is 9.88 Å². The molecule has 0 amide bonds. The van der Waals surface area contributed by atoms with Crippen LogP contribution in [0.2, 0.25) is 0 Å². The summed E-state index contributed by atoms with van der Waals surface area (Å²) >= 11 is 0. The lowest BCUT2D eigenvalue weighted by molar-refractivity contribution is 0.211. The number of nitrogens with zero attached hydrogens (tertiary/aromatic N) is 2. The first-order chi connectivity index (χ1) is 10.3. The molecule has 1 fully saturated rings. The van der Waals surface area contributed by atoms with Crippen molar-refractivity contribution in [3.63, 3.8) is 0 Å². The van der Waals surface area contributed by atoms with Crippen molar-refractivity contribution in [3.8, 4) is 0 Å². The number of rotatable bonds is 4. The Balaban J connectivity index is 1.50. The molecular formula is C17H22N4. The molecule has 0 spiro atoms. The van der Waals surface area contributed by atoms with Crippen molar-refractivity contribution in [2.75, 3.05) is 24.1 Å². The highest BCUT2D eigenvalue weighted by Crippen LogP contribution is 2.21. The Kier molecular flexibility index (Phi) is 4.36. The lowest BCUT2D eigenvalue weighted by atomic mass is 10.0. The van der Waals surface area contributed by atoms with Crippen LogP contribution < -0.4 is 11.1 Å². The van der Waals surface area contributed by atoms with Gasteiger partial charge in [0.1, 0.15) is 0 Å². The summed E-state index contributed by atoms with van der Waals surface area (Å²) in [5, 5.41) is 3.54. The highest BCUT2D eigenvalue weighted by molar-refractivity contribution is 5.64.